The lowest BCUT2D eigenvalue weighted by Gasteiger charge is -2.03. The molecule has 2 aromatic carbocycles. The Labute approximate surface area is 130 Å². The van der Waals surface area contributed by atoms with Crippen molar-refractivity contribution in [2.45, 2.75) is 0 Å². The van der Waals surface area contributed by atoms with Crippen molar-refractivity contribution < 1.29 is 26.3 Å². The fraction of sp³-hybridized carbons (Fsp3) is 0. The lowest BCUT2D eigenvalue weighted by atomic mass is 10.1. The van der Waals surface area contributed by atoms with Crippen molar-refractivity contribution in [3.63, 3.8) is 0 Å². The van der Waals surface area contributed by atoms with Crippen LogP contribution >= 0.6 is 11.3 Å². The molecule has 0 aliphatic rings. The van der Waals surface area contributed by atoms with Crippen LogP contribution in [0.3, 0.4) is 0 Å². The molecule has 1 aromatic heterocycles. The van der Waals surface area contributed by atoms with Gasteiger partial charge >= 0.3 is 0 Å². The zero-order chi connectivity index (χ0) is 16.7. The summed E-state index contributed by atoms with van der Waals surface area (Å²) >= 11 is 0.838. The monoisotopic (exact) mass is 344 g/mol. The fourth-order valence-electron chi connectivity index (χ4n) is 2.06. The maximum Gasteiger partial charge on any atom is 0.195 e. The quantitative estimate of drug-likeness (QED) is 0.400. The minimum atomic E-state index is -1.61. The minimum absolute atomic E-state index is 0.195. The van der Waals surface area contributed by atoms with E-state index in [2.05, 4.69) is 0 Å². The van der Waals surface area contributed by atoms with Crippen molar-refractivity contribution in [3.8, 4) is 20.9 Å². The van der Waals surface area contributed by atoms with Gasteiger partial charge in [-0.1, -0.05) is 0 Å². The molecule has 3 rings (SSSR count). The van der Waals surface area contributed by atoms with Crippen LogP contribution in [0.4, 0.5) is 26.3 Å². The van der Waals surface area contributed by atoms with Crippen LogP contribution in [-0.2, 0) is 0 Å². The molecule has 0 nitrogen and oxygen atoms in total. The first-order chi connectivity index (χ1) is 10.9. The van der Waals surface area contributed by atoms with Crippen LogP contribution in [0.15, 0.2) is 36.4 Å². The van der Waals surface area contributed by atoms with Gasteiger partial charge in [-0.3, -0.25) is 0 Å². The van der Waals surface area contributed by atoms with Gasteiger partial charge in [0.25, 0.3) is 0 Å². The average Bonchev–Trinajstić information content (AvgIpc) is 3.00. The van der Waals surface area contributed by atoms with E-state index in [4.69, 9.17) is 0 Å². The lowest BCUT2D eigenvalue weighted by molar-refractivity contribution is 0.449. The van der Waals surface area contributed by atoms with Gasteiger partial charge in [-0.25, -0.2) is 26.3 Å². The van der Waals surface area contributed by atoms with Crippen molar-refractivity contribution in [3.05, 3.63) is 71.3 Å². The molecule has 0 spiro atoms. The standard InChI is InChI=1S/C16H6F6S/c17-9-3-1-7(13(19)15(9)21)11-5-6-12(23-11)8-2-4-10(18)16(22)14(8)20/h1-6H. The van der Waals surface area contributed by atoms with Crippen molar-refractivity contribution in [1.29, 1.82) is 0 Å². The first kappa shape index (κ1) is 15.6. The molecule has 0 radical (unpaired) electrons. The molecular formula is C16H6F6S. The Kier molecular flexibility index (Phi) is 3.89. The van der Waals surface area contributed by atoms with E-state index in [-0.39, 0.29) is 20.9 Å². The van der Waals surface area contributed by atoms with Crippen LogP contribution in [0.1, 0.15) is 0 Å². The molecule has 0 saturated heterocycles. The Balaban J connectivity index is 2.09. The predicted octanol–water partition coefficient (Wildman–Crippen LogP) is 5.92. The second-order valence-electron chi connectivity index (χ2n) is 4.61. The molecule has 0 N–H and O–H groups in total. The highest BCUT2D eigenvalue weighted by Gasteiger charge is 2.19. The van der Waals surface area contributed by atoms with E-state index in [0.29, 0.717) is 0 Å². The van der Waals surface area contributed by atoms with Gasteiger partial charge in [0.15, 0.2) is 34.9 Å². The smallest absolute Gasteiger partial charge is 0.195 e. The molecule has 0 unspecified atom stereocenters. The Bertz CT molecular complexity index is 828. The first-order valence-corrected chi connectivity index (χ1v) is 7.09. The van der Waals surface area contributed by atoms with Crippen molar-refractivity contribution in [2.24, 2.45) is 0 Å². The molecule has 0 bridgehead atoms. The molecule has 0 aliphatic carbocycles. The normalized spacial score (nSPS) is 11.0. The van der Waals surface area contributed by atoms with Crippen LogP contribution in [0.5, 0.6) is 0 Å². The van der Waals surface area contributed by atoms with Crippen LogP contribution in [0.25, 0.3) is 20.9 Å². The summed E-state index contributed by atoms with van der Waals surface area (Å²) in [4.78, 5) is 0.390. The van der Waals surface area contributed by atoms with Crippen molar-refractivity contribution >= 4 is 11.3 Å². The van der Waals surface area contributed by atoms with E-state index in [0.717, 1.165) is 35.6 Å². The minimum Gasteiger partial charge on any atom is -0.204 e. The molecular weight excluding hydrogens is 338 g/mol. The van der Waals surface area contributed by atoms with Crippen LogP contribution < -0.4 is 0 Å². The summed E-state index contributed by atoms with van der Waals surface area (Å²) in [5, 5.41) is 0. The summed E-state index contributed by atoms with van der Waals surface area (Å²) in [6.07, 6.45) is 0. The molecule has 7 heteroatoms. The third kappa shape index (κ3) is 2.61. The van der Waals surface area contributed by atoms with E-state index in [1.54, 1.807) is 0 Å². The summed E-state index contributed by atoms with van der Waals surface area (Å²) in [5.41, 5.74) is -0.411. The second kappa shape index (κ2) is 5.73. The molecule has 1 heterocycles. The van der Waals surface area contributed by atoms with Gasteiger partial charge in [-0.15, -0.1) is 11.3 Å². The van der Waals surface area contributed by atoms with Crippen LogP contribution in [-0.4, -0.2) is 0 Å². The summed E-state index contributed by atoms with van der Waals surface area (Å²) in [6.45, 7) is 0. The number of hydrogen-bond acceptors (Lipinski definition) is 1. The Hall–Kier alpha value is -2.28. The van der Waals surface area contributed by atoms with Gasteiger partial charge in [0.05, 0.1) is 0 Å². The summed E-state index contributed by atoms with van der Waals surface area (Å²) in [5.74, 6) is -8.62. The predicted molar refractivity (Wildman–Crippen MR) is 74.9 cm³/mol. The molecule has 23 heavy (non-hydrogen) atoms. The Morgan fingerprint density at radius 2 is 0.870 bits per heavy atom. The van der Waals surface area contributed by atoms with E-state index in [1.165, 1.54) is 12.1 Å². The zero-order valence-electron chi connectivity index (χ0n) is 11.1. The average molecular weight is 344 g/mol. The molecule has 3 aromatic rings. The third-order valence-corrected chi connectivity index (χ3v) is 4.36. The van der Waals surface area contributed by atoms with Crippen LogP contribution in [0.2, 0.25) is 0 Å². The number of halogens is 6. The van der Waals surface area contributed by atoms with Gasteiger partial charge in [0.2, 0.25) is 0 Å². The SMILES string of the molecule is Fc1ccc(-c2ccc(-c3ccc(F)c(F)c3F)s2)c(F)c1F. The third-order valence-electron chi connectivity index (χ3n) is 3.21. The Morgan fingerprint density at radius 1 is 0.478 bits per heavy atom. The van der Waals surface area contributed by atoms with Crippen molar-refractivity contribution in [2.75, 3.05) is 0 Å². The van der Waals surface area contributed by atoms with Gasteiger partial charge in [0, 0.05) is 20.9 Å². The van der Waals surface area contributed by atoms with Gasteiger partial charge in [0.1, 0.15) is 0 Å². The number of thiophene rings is 1. The van der Waals surface area contributed by atoms with E-state index in [1.807, 2.05) is 0 Å². The molecule has 0 saturated carbocycles. The van der Waals surface area contributed by atoms with Crippen molar-refractivity contribution in [1.82, 2.24) is 0 Å². The van der Waals surface area contributed by atoms with E-state index in [9.17, 15) is 26.3 Å². The van der Waals surface area contributed by atoms with Gasteiger partial charge in [-0.2, -0.15) is 0 Å². The summed E-state index contributed by atoms with van der Waals surface area (Å²) < 4.78 is 80.0. The second-order valence-corrected chi connectivity index (χ2v) is 5.69. The maximum absolute atomic E-state index is 13.8. The van der Waals surface area contributed by atoms with Gasteiger partial charge < -0.3 is 0 Å². The van der Waals surface area contributed by atoms with Gasteiger partial charge in [-0.05, 0) is 36.4 Å². The fourth-order valence-corrected chi connectivity index (χ4v) is 3.10. The topological polar surface area (TPSA) is 0 Å². The summed E-state index contributed by atoms with van der Waals surface area (Å²) in [6, 6.07) is 6.35. The molecule has 0 aliphatic heterocycles. The van der Waals surface area contributed by atoms with E-state index >= 15 is 0 Å². The number of benzene rings is 2. The maximum atomic E-state index is 13.8. The Morgan fingerprint density at radius 3 is 1.26 bits per heavy atom. The number of rotatable bonds is 2. The highest BCUT2D eigenvalue weighted by molar-refractivity contribution is 7.18. The number of hydrogen-bond donors (Lipinski definition) is 0. The molecule has 118 valence electrons. The first-order valence-electron chi connectivity index (χ1n) is 6.27. The largest absolute Gasteiger partial charge is 0.204 e. The zero-order valence-corrected chi connectivity index (χ0v) is 12.0. The highest BCUT2D eigenvalue weighted by atomic mass is 32.1. The van der Waals surface area contributed by atoms with E-state index < -0.39 is 34.9 Å². The molecule has 0 amide bonds. The highest BCUT2D eigenvalue weighted by Crippen LogP contribution is 2.38. The molecule has 0 fully saturated rings. The lowest BCUT2D eigenvalue weighted by Crippen LogP contribution is -1.92. The summed E-state index contributed by atoms with van der Waals surface area (Å²) in [7, 11) is 0. The molecule has 0 atom stereocenters. The van der Waals surface area contributed by atoms with Crippen LogP contribution in [0, 0.1) is 34.9 Å².